The molecule has 0 saturated heterocycles. The molecule has 0 atom stereocenters. The van der Waals surface area contributed by atoms with E-state index in [1.807, 2.05) is 17.7 Å². The molecule has 0 fully saturated rings. The zero-order chi connectivity index (χ0) is 13.9. The second-order valence-electron chi connectivity index (χ2n) is 4.02. The summed E-state index contributed by atoms with van der Waals surface area (Å²) >= 11 is 0. The van der Waals surface area contributed by atoms with E-state index in [-0.39, 0.29) is 5.75 Å². The molecule has 0 aliphatic heterocycles. The maximum Gasteiger partial charge on any atom is 0.573 e. The smallest absolute Gasteiger partial charge is 0.406 e. The summed E-state index contributed by atoms with van der Waals surface area (Å²) < 4.78 is 41.8. The van der Waals surface area contributed by atoms with Crippen LogP contribution >= 0.6 is 0 Å². The molecule has 0 aliphatic rings. The first kappa shape index (κ1) is 13.5. The molecule has 1 heterocycles. The van der Waals surface area contributed by atoms with Crippen molar-refractivity contribution in [2.75, 3.05) is 0 Å². The van der Waals surface area contributed by atoms with Crippen LogP contribution in [0.25, 0.3) is 0 Å². The minimum Gasteiger partial charge on any atom is -0.406 e. The molecule has 3 nitrogen and oxygen atoms in total. The highest BCUT2D eigenvalue weighted by Crippen LogP contribution is 2.23. The van der Waals surface area contributed by atoms with E-state index in [0.29, 0.717) is 6.54 Å². The monoisotopic (exact) mass is 270 g/mol. The van der Waals surface area contributed by atoms with Crippen molar-refractivity contribution < 1.29 is 17.9 Å². The summed E-state index contributed by atoms with van der Waals surface area (Å²) in [4.78, 5) is 4.19. The Morgan fingerprint density at radius 3 is 2.47 bits per heavy atom. The highest BCUT2D eigenvalue weighted by Gasteiger charge is 2.30. The van der Waals surface area contributed by atoms with E-state index < -0.39 is 6.36 Å². The molecule has 0 spiro atoms. The SMILES string of the molecule is CCc1nccn1Cc1ccc(OC(F)(F)F)cc1. The summed E-state index contributed by atoms with van der Waals surface area (Å²) in [6.45, 7) is 2.58. The Hall–Kier alpha value is -1.98. The molecule has 2 rings (SSSR count). The third-order valence-electron chi connectivity index (χ3n) is 2.63. The van der Waals surface area contributed by atoms with E-state index in [9.17, 15) is 13.2 Å². The van der Waals surface area contributed by atoms with Crippen LogP contribution in [0, 0.1) is 0 Å². The van der Waals surface area contributed by atoms with E-state index in [1.165, 1.54) is 12.1 Å². The van der Waals surface area contributed by atoms with Crippen molar-refractivity contribution in [2.24, 2.45) is 0 Å². The van der Waals surface area contributed by atoms with Crippen LogP contribution in [0.15, 0.2) is 36.7 Å². The van der Waals surface area contributed by atoms with Crippen LogP contribution in [0.4, 0.5) is 13.2 Å². The summed E-state index contributed by atoms with van der Waals surface area (Å²) in [5, 5.41) is 0. The van der Waals surface area contributed by atoms with Gasteiger partial charge in [0.2, 0.25) is 0 Å². The lowest BCUT2D eigenvalue weighted by atomic mass is 10.2. The van der Waals surface area contributed by atoms with Crippen LogP contribution in [-0.4, -0.2) is 15.9 Å². The van der Waals surface area contributed by atoms with Gasteiger partial charge < -0.3 is 9.30 Å². The van der Waals surface area contributed by atoms with Crippen molar-refractivity contribution in [3.05, 3.63) is 48.0 Å². The fraction of sp³-hybridized carbons (Fsp3) is 0.308. The predicted octanol–water partition coefficient (Wildman–Crippen LogP) is 3.39. The fourth-order valence-electron chi connectivity index (χ4n) is 1.79. The molecule has 0 unspecified atom stereocenters. The normalized spacial score (nSPS) is 11.6. The van der Waals surface area contributed by atoms with Crippen molar-refractivity contribution in [1.82, 2.24) is 9.55 Å². The number of hydrogen-bond acceptors (Lipinski definition) is 2. The van der Waals surface area contributed by atoms with Gasteiger partial charge in [0.05, 0.1) is 0 Å². The van der Waals surface area contributed by atoms with Crippen LogP contribution in [0.1, 0.15) is 18.3 Å². The van der Waals surface area contributed by atoms with E-state index in [1.54, 1.807) is 18.3 Å². The van der Waals surface area contributed by atoms with E-state index in [0.717, 1.165) is 17.8 Å². The molecule has 2 aromatic rings. The third-order valence-corrected chi connectivity index (χ3v) is 2.63. The Bertz CT molecular complexity index is 532. The number of ether oxygens (including phenoxy) is 1. The van der Waals surface area contributed by atoms with E-state index in [2.05, 4.69) is 9.72 Å². The molecule has 0 bridgehead atoms. The number of benzene rings is 1. The van der Waals surface area contributed by atoms with Crippen LogP contribution in [0.3, 0.4) is 0 Å². The van der Waals surface area contributed by atoms with Gasteiger partial charge in [-0.05, 0) is 17.7 Å². The molecule has 0 N–H and O–H groups in total. The number of aryl methyl sites for hydroxylation is 1. The molecule has 0 saturated carbocycles. The Balaban J connectivity index is 2.07. The van der Waals surface area contributed by atoms with Gasteiger partial charge >= 0.3 is 6.36 Å². The molecular formula is C13H13F3N2O. The second-order valence-corrected chi connectivity index (χ2v) is 4.02. The van der Waals surface area contributed by atoms with Crippen molar-refractivity contribution in [1.29, 1.82) is 0 Å². The molecule has 1 aromatic heterocycles. The molecule has 1 aromatic carbocycles. The largest absolute Gasteiger partial charge is 0.573 e. The minimum absolute atomic E-state index is 0.211. The van der Waals surface area contributed by atoms with Gasteiger partial charge in [-0.3, -0.25) is 0 Å². The maximum absolute atomic E-state index is 12.0. The number of halogens is 3. The van der Waals surface area contributed by atoms with Crippen molar-refractivity contribution >= 4 is 0 Å². The van der Waals surface area contributed by atoms with Gasteiger partial charge in [0.25, 0.3) is 0 Å². The Morgan fingerprint density at radius 1 is 1.21 bits per heavy atom. The Labute approximate surface area is 108 Å². The van der Waals surface area contributed by atoms with Gasteiger partial charge in [-0.15, -0.1) is 13.2 Å². The quantitative estimate of drug-likeness (QED) is 0.851. The first-order chi connectivity index (χ1) is 8.98. The molecule has 102 valence electrons. The van der Waals surface area contributed by atoms with Crippen molar-refractivity contribution in [3.8, 4) is 5.75 Å². The van der Waals surface area contributed by atoms with E-state index >= 15 is 0 Å². The number of aromatic nitrogens is 2. The lowest BCUT2D eigenvalue weighted by molar-refractivity contribution is -0.274. The number of alkyl halides is 3. The fourth-order valence-corrected chi connectivity index (χ4v) is 1.79. The number of imidazole rings is 1. The summed E-state index contributed by atoms with van der Waals surface area (Å²) in [6, 6.07) is 5.85. The lowest BCUT2D eigenvalue weighted by Crippen LogP contribution is -2.17. The van der Waals surface area contributed by atoms with Crippen molar-refractivity contribution in [2.45, 2.75) is 26.3 Å². The third kappa shape index (κ3) is 3.74. The van der Waals surface area contributed by atoms with Gasteiger partial charge in [0, 0.05) is 25.4 Å². The summed E-state index contributed by atoms with van der Waals surface area (Å²) in [7, 11) is 0. The summed E-state index contributed by atoms with van der Waals surface area (Å²) in [5.41, 5.74) is 0.891. The number of hydrogen-bond donors (Lipinski definition) is 0. The summed E-state index contributed by atoms with van der Waals surface area (Å²) in [5.74, 6) is 0.730. The second kappa shape index (κ2) is 5.34. The average Bonchev–Trinajstić information content (AvgIpc) is 2.77. The highest BCUT2D eigenvalue weighted by atomic mass is 19.4. The molecule has 19 heavy (non-hydrogen) atoms. The van der Waals surface area contributed by atoms with Gasteiger partial charge in [0.15, 0.2) is 0 Å². The van der Waals surface area contributed by atoms with Gasteiger partial charge in [-0.2, -0.15) is 0 Å². The van der Waals surface area contributed by atoms with Crippen LogP contribution < -0.4 is 4.74 Å². The van der Waals surface area contributed by atoms with Crippen LogP contribution in [0.2, 0.25) is 0 Å². The molecular weight excluding hydrogens is 257 g/mol. The Morgan fingerprint density at radius 2 is 1.89 bits per heavy atom. The lowest BCUT2D eigenvalue weighted by Gasteiger charge is -2.10. The van der Waals surface area contributed by atoms with Gasteiger partial charge in [0.1, 0.15) is 11.6 Å². The average molecular weight is 270 g/mol. The zero-order valence-electron chi connectivity index (χ0n) is 10.3. The molecule has 6 heteroatoms. The first-order valence-corrected chi connectivity index (χ1v) is 5.82. The maximum atomic E-state index is 12.0. The zero-order valence-corrected chi connectivity index (χ0v) is 10.3. The number of rotatable bonds is 4. The standard InChI is InChI=1S/C13H13F3N2O/c1-2-12-17-7-8-18(12)9-10-3-5-11(6-4-10)19-13(14,15)16/h3-8H,2,9H2,1H3. The molecule has 0 radical (unpaired) electrons. The minimum atomic E-state index is -4.65. The number of nitrogens with zero attached hydrogens (tertiary/aromatic N) is 2. The molecule has 0 amide bonds. The van der Waals surface area contributed by atoms with E-state index in [4.69, 9.17) is 0 Å². The molecule has 0 aliphatic carbocycles. The predicted molar refractivity (Wildman–Crippen MR) is 63.8 cm³/mol. The Kier molecular flexibility index (Phi) is 3.78. The summed E-state index contributed by atoms with van der Waals surface area (Å²) in [6.07, 6.45) is -0.289. The van der Waals surface area contributed by atoms with Gasteiger partial charge in [-0.1, -0.05) is 19.1 Å². The van der Waals surface area contributed by atoms with Gasteiger partial charge in [-0.25, -0.2) is 4.98 Å². The first-order valence-electron chi connectivity index (χ1n) is 5.82. The van der Waals surface area contributed by atoms with Crippen LogP contribution in [-0.2, 0) is 13.0 Å². The van der Waals surface area contributed by atoms with Crippen LogP contribution in [0.5, 0.6) is 5.75 Å². The topological polar surface area (TPSA) is 27.1 Å². The van der Waals surface area contributed by atoms with Crippen molar-refractivity contribution in [3.63, 3.8) is 0 Å². The highest BCUT2D eigenvalue weighted by molar-refractivity contribution is 5.27.